The molecule has 2 rings (SSSR count). The van der Waals surface area contributed by atoms with Gasteiger partial charge in [-0.3, -0.25) is 4.90 Å². The van der Waals surface area contributed by atoms with Crippen molar-refractivity contribution in [3.8, 4) is 0 Å². The molecule has 0 atom stereocenters. The average molecular weight is 244 g/mol. The SMILES string of the molecule is Cc1cccc(CN(C)Cc2occc2CN)c1. The minimum absolute atomic E-state index is 0.532. The van der Waals surface area contributed by atoms with Crippen molar-refractivity contribution < 1.29 is 4.42 Å². The zero-order chi connectivity index (χ0) is 13.0. The van der Waals surface area contributed by atoms with Crippen LogP contribution in [0.25, 0.3) is 0 Å². The van der Waals surface area contributed by atoms with Crippen molar-refractivity contribution in [2.45, 2.75) is 26.6 Å². The maximum Gasteiger partial charge on any atom is 0.122 e. The molecule has 0 saturated heterocycles. The van der Waals surface area contributed by atoms with Gasteiger partial charge in [-0.05, 0) is 25.6 Å². The molecule has 18 heavy (non-hydrogen) atoms. The number of rotatable bonds is 5. The van der Waals surface area contributed by atoms with E-state index in [4.69, 9.17) is 10.2 Å². The van der Waals surface area contributed by atoms with Gasteiger partial charge in [0.2, 0.25) is 0 Å². The van der Waals surface area contributed by atoms with Gasteiger partial charge in [0, 0.05) is 18.7 Å². The first-order valence-electron chi connectivity index (χ1n) is 6.18. The summed E-state index contributed by atoms with van der Waals surface area (Å²) in [5, 5.41) is 0. The van der Waals surface area contributed by atoms with E-state index in [0.29, 0.717) is 6.54 Å². The highest BCUT2D eigenvalue weighted by Crippen LogP contribution is 2.14. The van der Waals surface area contributed by atoms with E-state index in [1.807, 2.05) is 6.07 Å². The van der Waals surface area contributed by atoms with E-state index in [2.05, 4.69) is 43.1 Å². The van der Waals surface area contributed by atoms with Crippen LogP contribution in [0.2, 0.25) is 0 Å². The Labute approximate surface area is 108 Å². The average Bonchev–Trinajstić information content (AvgIpc) is 2.76. The van der Waals surface area contributed by atoms with Crippen molar-refractivity contribution >= 4 is 0 Å². The number of benzene rings is 1. The minimum atomic E-state index is 0.532. The first kappa shape index (κ1) is 12.9. The second-order valence-electron chi connectivity index (χ2n) is 4.73. The van der Waals surface area contributed by atoms with Crippen molar-refractivity contribution in [1.82, 2.24) is 4.90 Å². The largest absolute Gasteiger partial charge is 0.468 e. The maximum absolute atomic E-state index is 5.66. The van der Waals surface area contributed by atoms with Crippen LogP contribution in [-0.2, 0) is 19.6 Å². The number of furan rings is 1. The van der Waals surface area contributed by atoms with Gasteiger partial charge in [-0.1, -0.05) is 29.8 Å². The van der Waals surface area contributed by atoms with Crippen LogP contribution in [0.5, 0.6) is 0 Å². The van der Waals surface area contributed by atoms with Crippen molar-refractivity contribution in [2.24, 2.45) is 5.73 Å². The van der Waals surface area contributed by atoms with Gasteiger partial charge in [0.1, 0.15) is 5.76 Å². The van der Waals surface area contributed by atoms with E-state index in [-0.39, 0.29) is 0 Å². The van der Waals surface area contributed by atoms with E-state index in [9.17, 15) is 0 Å². The highest BCUT2D eigenvalue weighted by atomic mass is 16.3. The van der Waals surface area contributed by atoms with Crippen molar-refractivity contribution in [2.75, 3.05) is 7.05 Å². The Morgan fingerprint density at radius 3 is 2.78 bits per heavy atom. The van der Waals surface area contributed by atoms with Gasteiger partial charge in [0.25, 0.3) is 0 Å². The van der Waals surface area contributed by atoms with E-state index >= 15 is 0 Å². The van der Waals surface area contributed by atoms with E-state index in [1.54, 1.807) is 6.26 Å². The Hall–Kier alpha value is -1.58. The molecule has 2 aromatic rings. The Balaban J connectivity index is 1.98. The molecule has 0 unspecified atom stereocenters. The summed E-state index contributed by atoms with van der Waals surface area (Å²) in [6, 6.07) is 10.5. The molecule has 0 aliphatic carbocycles. The van der Waals surface area contributed by atoms with E-state index < -0.39 is 0 Å². The fraction of sp³-hybridized carbons (Fsp3) is 0.333. The summed E-state index contributed by atoms with van der Waals surface area (Å²) in [6.07, 6.45) is 1.71. The third-order valence-electron chi connectivity index (χ3n) is 3.01. The molecule has 0 spiro atoms. The molecule has 3 nitrogen and oxygen atoms in total. The molecule has 96 valence electrons. The molecule has 0 aliphatic heterocycles. The van der Waals surface area contributed by atoms with Gasteiger partial charge >= 0.3 is 0 Å². The molecular formula is C15H20N2O. The predicted octanol–water partition coefficient (Wildman–Crippen LogP) is 2.68. The van der Waals surface area contributed by atoms with Gasteiger partial charge in [0.15, 0.2) is 0 Å². The second-order valence-corrected chi connectivity index (χ2v) is 4.73. The molecule has 1 aromatic heterocycles. The summed E-state index contributed by atoms with van der Waals surface area (Å²) in [4.78, 5) is 2.23. The summed E-state index contributed by atoms with van der Waals surface area (Å²) in [6.45, 7) is 4.34. The highest BCUT2D eigenvalue weighted by molar-refractivity contribution is 5.22. The van der Waals surface area contributed by atoms with Crippen LogP contribution in [0, 0.1) is 6.92 Å². The zero-order valence-electron chi connectivity index (χ0n) is 11.0. The van der Waals surface area contributed by atoms with Gasteiger partial charge in [-0.15, -0.1) is 0 Å². The fourth-order valence-corrected chi connectivity index (χ4v) is 2.11. The summed E-state index contributed by atoms with van der Waals surface area (Å²) < 4.78 is 5.47. The Morgan fingerprint density at radius 2 is 2.06 bits per heavy atom. The number of nitrogens with two attached hydrogens (primary N) is 1. The number of hydrogen-bond acceptors (Lipinski definition) is 3. The molecule has 0 fully saturated rings. The molecule has 3 heteroatoms. The maximum atomic E-state index is 5.66. The lowest BCUT2D eigenvalue weighted by molar-refractivity contribution is 0.286. The van der Waals surface area contributed by atoms with Crippen LogP contribution in [0.15, 0.2) is 41.0 Å². The molecule has 0 radical (unpaired) electrons. The van der Waals surface area contributed by atoms with E-state index in [1.165, 1.54) is 11.1 Å². The van der Waals surface area contributed by atoms with Crippen LogP contribution in [0.1, 0.15) is 22.5 Å². The molecule has 1 aromatic carbocycles. The van der Waals surface area contributed by atoms with Gasteiger partial charge < -0.3 is 10.2 Å². The highest BCUT2D eigenvalue weighted by Gasteiger charge is 2.08. The zero-order valence-corrected chi connectivity index (χ0v) is 11.0. The topological polar surface area (TPSA) is 42.4 Å². The molecular weight excluding hydrogens is 224 g/mol. The quantitative estimate of drug-likeness (QED) is 0.879. The molecule has 0 amide bonds. The van der Waals surface area contributed by atoms with Crippen molar-refractivity contribution in [3.05, 3.63) is 59.0 Å². The molecule has 0 aliphatic rings. The third-order valence-corrected chi connectivity index (χ3v) is 3.01. The summed E-state index contributed by atoms with van der Waals surface area (Å²) >= 11 is 0. The fourth-order valence-electron chi connectivity index (χ4n) is 2.11. The first-order valence-corrected chi connectivity index (χ1v) is 6.18. The third kappa shape index (κ3) is 3.22. The first-order chi connectivity index (χ1) is 8.69. The molecule has 1 heterocycles. The predicted molar refractivity (Wildman–Crippen MR) is 72.9 cm³/mol. The number of aryl methyl sites for hydroxylation is 1. The van der Waals surface area contributed by atoms with Gasteiger partial charge in [-0.2, -0.15) is 0 Å². The monoisotopic (exact) mass is 244 g/mol. The number of nitrogens with zero attached hydrogens (tertiary/aromatic N) is 1. The molecule has 0 saturated carbocycles. The lowest BCUT2D eigenvalue weighted by atomic mass is 10.1. The lowest BCUT2D eigenvalue weighted by Crippen LogP contribution is -2.18. The van der Waals surface area contributed by atoms with Crippen LogP contribution in [-0.4, -0.2) is 11.9 Å². The standard InChI is InChI=1S/C15H20N2O/c1-12-4-3-5-13(8-12)10-17(2)11-15-14(9-16)6-7-18-15/h3-8H,9-11,16H2,1-2H3. The van der Waals surface area contributed by atoms with E-state index in [0.717, 1.165) is 24.4 Å². The lowest BCUT2D eigenvalue weighted by Gasteiger charge is -2.16. The summed E-state index contributed by atoms with van der Waals surface area (Å²) in [7, 11) is 2.09. The van der Waals surface area contributed by atoms with Crippen LogP contribution < -0.4 is 5.73 Å². The van der Waals surface area contributed by atoms with Crippen LogP contribution >= 0.6 is 0 Å². The summed E-state index contributed by atoms with van der Waals surface area (Å²) in [5.74, 6) is 0.965. The van der Waals surface area contributed by atoms with Crippen LogP contribution in [0.3, 0.4) is 0 Å². The van der Waals surface area contributed by atoms with Crippen LogP contribution in [0.4, 0.5) is 0 Å². The van der Waals surface area contributed by atoms with Gasteiger partial charge in [0.05, 0.1) is 12.8 Å². The second kappa shape index (κ2) is 5.85. The summed E-state index contributed by atoms with van der Waals surface area (Å²) in [5.41, 5.74) is 9.36. The molecule has 0 bridgehead atoms. The van der Waals surface area contributed by atoms with Crippen molar-refractivity contribution in [1.29, 1.82) is 0 Å². The van der Waals surface area contributed by atoms with Crippen molar-refractivity contribution in [3.63, 3.8) is 0 Å². The van der Waals surface area contributed by atoms with Gasteiger partial charge in [-0.25, -0.2) is 0 Å². The minimum Gasteiger partial charge on any atom is -0.468 e. The smallest absolute Gasteiger partial charge is 0.122 e. The Bertz CT molecular complexity index is 505. The molecule has 2 N–H and O–H groups in total. The number of hydrogen-bond donors (Lipinski definition) is 1. The Kier molecular flexibility index (Phi) is 4.18. The normalized spacial score (nSPS) is 11.1. The Morgan fingerprint density at radius 1 is 1.22 bits per heavy atom.